The zero-order valence-corrected chi connectivity index (χ0v) is 11.0. The van der Waals surface area contributed by atoms with Crippen LogP contribution in [-0.2, 0) is 0 Å². The predicted molar refractivity (Wildman–Crippen MR) is 78.4 cm³/mol. The summed E-state index contributed by atoms with van der Waals surface area (Å²) in [6, 6.07) is 4.06. The molecule has 3 rings (SSSR count). The number of fused-ring (bicyclic) bond motifs is 3. The normalized spacial score (nSPS) is 16.7. The fourth-order valence-electron chi connectivity index (χ4n) is 2.35. The number of hydrogen-bond donors (Lipinski definition) is 0. The number of ether oxygens (including phenoxy) is 2. The second-order valence-electron chi connectivity index (χ2n) is 4.65. The first-order chi connectivity index (χ1) is 9.29. The smallest absolute Gasteiger partial charge is 0.137 e. The average Bonchev–Trinajstić information content (AvgIpc) is 2.46. The van der Waals surface area contributed by atoms with Crippen molar-refractivity contribution in [2.45, 2.75) is 6.92 Å². The van der Waals surface area contributed by atoms with E-state index in [1.165, 1.54) is 11.1 Å². The van der Waals surface area contributed by atoms with E-state index in [-0.39, 0.29) is 0 Å². The van der Waals surface area contributed by atoms with Gasteiger partial charge in [0.15, 0.2) is 0 Å². The van der Waals surface area contributed by atoms with Gasteiger partial charge in [-0.1, -0.05) is 18.7 Å². The van der Waals surface area contributed by atoms with Crippen LogP contribution < -0.4 is 9.47 Å². The molecule has 96 valence electrons. The Hall–Kier alpha value is -2.22. The molecule has 1 aromatic rings. The van der Waals surface area contributed by atoms with Gasteiger partial charge in [0, 0.05) is 5.56 Å². The molecule has 0 radical (unpaired) electrons. The maximum absolute atomic E-state index is 5.93. The monoisotopic (exact) mass is 252 g/mol. The van der Waals surface area contributed by atoms with Crippen LogP contribution in [0.1, 0.15) is 18.1 Å². The number of hydrogen-bond acceptors (Lipinski definition) is 2. The lowest BCUT2D eigenvalue weighted by Gasteiger charge is -2.23. The average molecular weight is 252 g/mol. The molecule has 2 heterocycles. The lowest BCUT2D eigenvalue weighted by molar-refractivity contribution is 0.332. The molecule has 0 N–H and O–H groups in total. The number of allylic oxidation sites excluding steroid dienone is 2. The van der Waals surface area contributed by atoms with Gasteiger partial charge in [-0.15, -0.1) is 0 Å². The van der Waals surface area contributed by atoms with Crippen molar-refractivity contribution in [2.75, 3.05) is 13.2 Å². The second-order valence-corrected chi connectivity index (χ2v) is 4.65. The van der Waals surface area contributed by atoms with E-state index >= 15 is 0 Å². The van der Waals surface area contributed by atoms with Gasteiger partial charge in [0.1, 0.15) is 24.7 Å². The van der Waals surface area contributed by atoms with Crippen molar-refractivity contribution < 1.29 is 9.47 Å². The number of benzene rings is 1. The van der Waals surface area contributed by atoms with Gasteiger partial charge >= 0.3 is 0 Å². The van der Waals surface area contributed by atoms with Crippen LogP contribution in [0.15, 0.2) is 48.1 Å². The highest BCUT2D eigenvalue weighted by molar-refractivity contribution is 5.76. The van der Waals surface area contributed by atoms with E-state index in [1.54, 1.807) is 6.08 Å². The Bertz CT molecular complexity index is 618. The summed E-state index contributed by atoms with van der Waals surface area (Å²) >= 11 is 0. The highest BCUT2D eigenvalue weighted by Gasteiger charge is 2.19. The van der Waals surface area contributed by atoms with E-state index in [2.05, 4.69) is 25.7 Å². The predicted octanol–water partition coefficient (Wildman–Crippen LogP) is 4.00. The molecule has 1 aromatic carbocycles. The molecule has 2 heteroatoms. The van der Waals surface area contributed by atoms with Crippen molar-refractivity contribution in [2.24, 2.45) is 0 Å². The van der Waals surface area contributed by atoms with Crippen molar-refractivity contribution in [1.82, 2.24) is 0 Å². The van der Waals surface area contributed by atoms with Crippen LogP contribution in [0.3, 0.4) is 0 Å². The Morgan fingerprint density at radius 1 is 1.32 bits per heavy atom. The molecule has 0 spiro atoms. The van der Waals surface area contributed by atoms with Gasteiger partial charge in [0.25, 0.3) is 0 Å². The van der Waals surface area contributed by atoms with Crippen molar-refractivity contribution in [3.05, 3.63) is 59.2 Å². The van der Waals surface area contributed by atoms with Crippen molar-refractivity contribution in [1.29, 1.82) is 0 Å². The lowest BCUT2D eigenvalue weighted by Crippen LogP contribution is -2.11. The molecule has 0 fully saturated rings. The minimum Gasteiger partial charge on any atom is -0.489 e. The zero-order chi connectivity index (χ0) is 13.2. The van der Waals surface area contributed by atoms with Crippen LogP contribution in [-0.4, -0.2) is 13.2 Å². The van der Waals surface area contributed by atoms with Crippen molar-refractivity contribution in [3.8, 4) is 11.5 Å². The summed E-state index contributed by atoms with van der Waals surface area (Å²) in [6.45, 7) is 7.02. The molecule has 0 aromatic heterocycles. The third-order valence-electron chi connectivity index (χ3n) is 3.38. The zero-order valence-electron chi connectivity index (χ0n) is 11.0. The van der Waals surface area contributed by atoms with Crippen LogP contribution >= 0.6 is 0 Å². The lowest BCUT2D eigenvalue weighted by atomic mass is 9.98. The van der Waals surface area contributed by atoms with E-state index in [1.807, 2.05) is 24.3 Å². The third-order valence-corrected chi connectivity index (χ3v) is 3.38. The van der Waals surface area contributed by atoms with Crippen molar-refractivity contribution >= 4 is 12.2 Å². The van der Waals surface area contributed by atoms with Gasteiger partial charge in [0.05, 0.1) is 5.56 Å². The highest BCUT2D eigenvalue weighted by atomic mass is 16.5. The van der Waals surface area contributed by atoms with Gasteiger partial charge in [-0.05, 0) is 48.4 Å². The Labute approximate surface area is 113 Å². The van der Waals surface area contributed by atoms with E-state index in [4.69, 9.17) is 9.47 Å². The van der Waals surface area contributed by atoms with Gasteiger partial charge in [0.2, 0.25) is 0 Å². The molecule has 2 aliphatic rings. The highest BCUT2D eigenvalue weighted by Crippen LogP contribution is 2.39. The summed E-state index contributed by atoms with van der Waals surface area (Å²) in [5.41, 5.74) is 4.52. The summed E-state index contributed by atoms with van der Waals surface area (Å²) in [6.07, 6.45) is 10.1. The molecule has 2 nitrogen and oxygen atoms in total. The van der Waals surface area contributed by atoms with E-state index in [0.717, 1.165) is 22.6 Å². The summed E-state index contributed by atoms with van der Waals surface area (Å²) < 4.78 is 11.5. The molecule has 0 amide bonds. The minimum absolute atomic E-state index is 0.591. The maximum atomic E-state index is 5.93. The number of rotatable bonds is 2. The topological polar surface area (TPSA) is 18.5 Å². The SMILES string of the molecule is C=C/C=C(\C)C1=Cc2ccc3c(c2OC1)C=CCO3. The van der Waals surface area contributed by atoms with E-state index in [0.29, 0.717) is 13.2 Å². The van der Waals surface area contributed by atoms with Crippen LogP contribution in [0.5, 0.6) is 11.5 Å². The molecular formula is C17H16O2. The quantitative estimate of drug-likeness (QED) is 0.741. The van der Waals surface area contributed by atoms with Crippen LogP contribution in [0.2, 0.25) is 0 Å². The van der Waals surface area contributed by atoms with Gasteiger partial charge in [-0.3, -0.25) is 0 Å². The first-order valence-corrected chi connectivity index (χ1v) is 6.39. The molecule has 0 saturated carbocycles. The van der Waals surface area contributed by atoms with Gasteiger partial charge in [-0.25, -0.2) is 0 Å². The Kier molecular flexibility index (Phi) is 3.00. The minimum atomic E-state index is 0.591. The molecule has 0 bridgehead atoms. The summed E-state index contributed by atoms with van der Waals surface area (Å²) in [5.74, 6) is 1.82. The molecule has 0 aliphatic carbocycles. The fourth-order valence-corrected chi connectivity index (χ4v) is 2.35. The molecule has 0 atom stereocenters. The largest absolute Gasteiger partial charge is 0.489 e. The summed E-state index contributed by atoms with van der Waals surface area (Å²) in [5, 5.41) is 0. The third kappa shape index (κ3) is 2.10. The maximum Gasteiger partial charge on any atom is 0.137 e. The van der Waals surface area contributed by atoms with E-state index < -0.39 is 0 Å². The van der Waals surface area contributed by atoms with Crippen molar-refractivity contribution in [3.63, 3.8) is 0 Å². The second kappa shape index (κ2) is 4.81. The molecular weight excluding hydrogens is 236 g/mol. The first-order valence-electron chi connectivity index (χ1n) is 6.39. The van der Waals surface area contributed by atoms with Crippen LogP contribution in [0, 0.1) is 0 Å². The first kappa shape index (κ1) is 11.8. The summed E-state index contributed by atoms with van der Waals surface area (Å²) in [4.78, 5) is 0. The Balaban J connectivity index is 2.06. The summed E-state index contributed by atoms with van der Waals surface area (Å²) in [7, 11) is 0. The van der Waals surface area contributed by atoms with Gasteiger partial charge in [-0.2, -0.15) is 0 Å². The fraction of sp³-hybridized carbons (Fsp3) is 0.176. The Morgan fingerprint density at radius 2 is 2.21 bits per heavy atom. The van der Waals surface area contributed by atoms with E-state index in [9.17, 15) is 0 Å². The van der Waals surface area contributed by atoms with Crippen LogP contribution in [0.4, 0.5) is 0 Å². The van der Waals surface area contributed by atoms with Crippen LogP contribution in [0.25, 0.3) is 12.2 Å². The standard InChI is InChI=1S/C17H16O2/c1-3-5-12(2)14-10-13-7-8-16-15(6-4-9-18-16)17(13)19-11-14/h3-8,10H,1,9,11H2,2H3/b12-5+. The molecule has 2 aliphatic heterocycles. The Morgan fingerprint density at radius 3 is 3.05 bits per heavy atom. The molecule has 19 heavy (non-hydrogen) atoms. The molecule has 0 unspecified atom stereocenters. The van der Waals surface area contributed by atoms with Gasteiger partial charge < -0.3 is 9.47 Å². The molecule has 0 saturated heterocycles.